The van der Waals surface area contributed by atoms with E-state index >= 15 is 0 Å². The molecule has 234 valence electrons. The zero-order chi connectivity index (χ0) is 32.9. The minimum absolute atomic E-state index is 0.00674. The van der Waals surface area contributed by atoms with E-state index in [0.717, 1.165) is 33.5 Å². The van der Waals surface area contributed by atoms with Crippen molar-refractivity contribution in [1.29, 1.82) is 5.26 Å². The van der Waals surface area contributed by atoms with Crippen molar-refractivity contribution >= 4 is 16.0 Å². The Labute approximate surface area is 269 Å². The lowest BCUT2D eigenvalue weighted by atomic mass is 9.83. The Morgan fingerprint density at radius 2 is 1.59 bits per heavy atom. The number of hydrogen-bond donors (Lipinski definition) is 2. The molecule has 1 aromatic heterocycles. The highest BCUT2D eigenvalue weighted by Crippen LogP contribution is 2.34. The minimum atomic E-state index is -4.16. The number of nitriles is 1. The molecule has 0 radical (unpaired) electrons. The second kappa shape index (κ2) is 13.5. The van der Waals surface area contributed by atoms with E-state index in [4.69, 9.17) is 14.3 Å². The van der Waals surface area contributed by atoms with Crippen LogP contribution in [0.4, 0.5) is 0 Å². The molecule has 0 saturated heterocycles. The number of carbonyl (C=O) groups excluding carboxylic acids is 1. The number of benzene rings is 4. The van der Waals surface area contributed by atoms with Crippen LogP contribution in [0, 0.1) is 11.3 Å². The molecule has 1 unspecified atom stereocenters. The molecule has 9 heteroatoms. The van der Waals surface area contributed by atoms with Crippen molar-refractivity contribution in [2.24, 2.45) is 0 Å². The predicted octanol–water partition coefficient (Wildman–Crippen LogP) is 7.17. The predicted molar refractivity (Wildman–Crippen MR) is 178 cm³/mol. The van der Waals surface area contributed by atoms with Crippen LogP contribution in [0.15, 0.2) is 108 Å². The highest BCUT2D eigenvalue weighted by molar-refractivity contribution is 7.85. The van der Waals surface area contributed by atoms with Gasteiger partial charge in [-0.2, -0.15) is 13.7 Å². The first-order valence-corrected chi connectivity index (χ1v) is 16.5. The molecule has 0 bridgehead atoms. The Morgan fingerprint density at radius 3 is 2.22 bits per heavy atom. The van der Waals surface area contributed by atoms with Gasteiger partial charge in [-0.15, -0.1) is 0 Å². The van der Waals surface area contributed by atoms with Crippen LogP contribution in [0.2, 0.25) is 0 Å². The van der Waals surface area contributed by atoms with E-state index in [2.05, 4.69) is 61.6 Å². The fraction of sp³-hybridized carbons (Fsp3) is 0.216. The molecule has 5 aromatic rings. The third-order valence-electron chi connectivity index (χ3n) is 7.86. The lowest BCUT2D eigenvalue weighted by Crippen LogP contribution is -2.28. The molecule has 4 aromatic carbocycles. The number of aromatic nitrogens is 1. The summed E-state index contributed by atoms with van der Waals surface area (Å²) in [6.45, 7) is 6.35. The lowest BCUT2D eigenvalue weighted by molar-refractivity contribution is 0.0956. The Hall–Kier alpha value is -5.04. The maximum Gasteiger partial charge on any atom is 0.266 e. The van der Waals surface area contributed by atoms with Crippen molar-refractivity contribution < 1.29 is 22.3 Å². The van der Waals surface area contributed by atoms with Gasteiger partial charge >= 0.3 is 0 Å². The normalized spacial score (nSPS) is 12.3. The van der Waals surface area contributed by atoms with E-state index in [0.29, 0.717) is 23.3 Å². The zero-order valence-electron chi connectivity index (χ0n) is 25.9. The molecule has 5 rings (SSSR count). The lowest BCUT2D eigenvalue weighted by Gasteiger charge is -2.21. The van der Waals surface area contributed by atoms with Crippen molar-refractivity contribution in [3.63, 3.8) is 0 Å². The van der Waals surface area contributed by atoms with Crippen molar-refractivity contribution in [2.45, 2.75) is 38.5 Å². The van der Waals surface area contributed by atoms with E-state index in [1.807, 2.05) is 54.6 Å². The first-order chi connectivity index (χ1) is 21.9. The molecule has 8 nitrogen and oxygen atoms in total. The summed E-state index contributed by atoms with van der Waals surface area (Å²) in [5.41, 5.74) is 7.92. The van der Waals surface area contributed by atoms with E-state index < -0.39 is 21.8 Å². The van der Waals surface area contributed by atoms with E-state index in [-0.39, 0.29) is 17.9 Å². The first kappa shape index (κ1) is 32.4. The van der Waals surface area contributed by atoms with Crippen LogP contribution in [0.25, 0.3) is 22.5 Å². The van der Waals surface area contributed by atoms with Gasteiger partial charge in [0.1, 0.15) is 0 Å². The molecule has 0 aliphatic heterocycles. The zero-order valence-corrected chi connectivity index (χ0v) is 26.7. The number of carbonyl (C=O) groups is 1. The molecule has 46 heavy (non-hydrogen) atoms. The summed E-state index contributed by atoms with van der Waals surface area (Å²) in [7, 11) is -4.16. The second-order valence-corrected chi connectivity index (χ2v) is 13.8. The van der Waals surface area contributed by atoms with Crippen LogP contribution in [0.5, 0.6) is 0 Å². The smallest absolute Gasteiger partial charge is 0.266 e. The Morgan fingerprint density at radius 1 is 0.913 bits per heavy atom. The molecule has 1 heterocycles. The number of amides is 1. The van der Waals surface area contributed by atoms with Gasteiger partial charge in [0, 0.05) is 29.7 Å². The summed E-state index contributed by atoms with van der Waals surface area (Å²) in [5.74, 6) is -0.471. The van der Waals surface area contributed by atoms with Crippen molar-refractivity contribution in [1.82, 2.24) is 10.5 Å². The monoisotopic (exact) mass is 633 g/mol. The van der Waals surface area contributed by atoms with Gasteiger partial charge < -0.3 is 9.84 Å². The summed E-state index contributed by atoms with van der Waals surface area (Å²) in [6.07, 6.45) is 0.594. The van der Waals surface area contributed by atoms with Crippen molar-refractivity contribution in [2.75, 3.05) is 12.3 Å². The molecular weight excluding hydrogens is 598 g/mol. The van der Waals surface area contributed by atoms with Crippen LogP contribution in [-0.4, -0.2) is 36.3 Å². The summed E-state index contributed by atoms with van der Waals surface area (Å²) < 4.78 is 36.7. The second-order valence-electron chi connectivity index (χ2n) is 12.3. The third kappa shape index (κ3) is 8.16. The van der Waals surface area contributed by atoms with Crippen molar-refractivity contribution in [3.05, 3.63) is 137 Å². The van der Waals surface area contributed by atoms with E-state index in [1.165, 1.54) is 5.56 Å². The Kier molecular flexibility index (Phi) is 9.52. The summed E-state index contributed by atoms with van der Waals surface area (Å²) in [4.78, 5) is 12.5. The van der Waals surface area contributed by atoms with E-state index in [1.54, 1.807) is 24.3 Å². The topological polar surface area (TPSA) is 133 Å². The molecule has 0 spiro atoms. The number of nitrogens with zero attached hydrogens (tertiary/aromatic N) is 2. The van der Waals surface area contributed by atoms with Gasteiger partial charge in [-0.25, -0.2) is 0 Å². The summed E-state index contributed by atoms with van der Waals surface area (Å²) in [6, 6.07) is 35.2. The fourth-order valence-corrected chi connectivity index (χ4v) is 5.57. The van der Waals surface area contributed by atoms with Gasteiger partial charge in [-0.05, 0) is 70.0 Å². The largest absolute Gasteiger partial charge is 0.356 e. The first-order valence-electron chi connectivity index (χ1n) is 14.9. The maximum absolute atomic E-state index is 12.5. The quantitative estimate of drug-likeness (QED) is 0.156. The number of hydrogen-bond acceptors (Lipinski definition) is 6. The van der Waals surface area contributed by atoms with Crippen LogP contribution in [0.3, 0.4) is 0 Å². The average Bonchev–Trinajstić information content (AvgIpc) is 3.53. The Bertz CT molecular complexity index is 1970. The van der Waals surface area contributed by atoms with E-state index in [9.17, 15) is 13.2 Å². The summed E-state index contributed by atoms with van der Waals surface area (Å²) >= 11 is 0. The molecule has 0 fully saturated rings. The van der Waals surface area contributed by atoms with Gasteiger partial charge in [-0.1, -0.05) is 92.7 Å². The maximum atomic E-state index is 12.5. The van der Waals surface area contributed by atoms with Gasteiger partial charge in [0.15, 0.2) is 5.76 Å². The van der Waals surface area contributed by atoms with Crippen LogP contribution >= 0.6 is 0 Å². The average molecular weight is 634 g/mol. The number of rotatable bonds is 10. The van der Waals surface area contributed by atoms with Crippen molar-refractivity contribution in [3.8, 4) is 28.5 Å². The van der Waals surface area contributed by atoms with Gasteiger partial charge in [0.05, 0.1) is 23.1 Å². The van der Waals surface area contributed by atoms with Gasteiger partial charge in [0.25, 0.3) is 16.0 Å². The molecule has 1 amide bonds. The van der Waals surface area contributed by atoms with Crippen LogP contribution < -0.4 is 5.32 Å². The highest BCUT2D eigenvalue weighted by Gasteiger charge is 2.22. The standard InChI is InChI=1S/C37H35N3O5S/c1-37(2,3)32-17-15-28(16-18-32)33(21-25-7-13-29(14-8-25)36(41)39-19-20-46(42,43)44)34-23-35(45-40-34)31-6-4-5-30(22-31)27-11-9-26(24-38)10-12-27/h4-18,22-23,33H,19-21H2,1-3H3,(H,39,41)(H,42,43,44). The molecular formula is C37H35N3O5S. The SMILES string of the molecule is CC(C)(C)c1ccc(C(Cc2ccc(C(=O)NCCS(=O)(=O)O)cc2)c2cc(-c3cccc(-c4ccc(C#N)cc4)c3)on2)cc1. The molecule has 1 atom stereocenters. The third-order valence-corrected chi connectivity index (χ3v) is 8.58. The molecule has 0 aliphatic rings. The summed E-state index contributed by atoms with van der Waals surface area (Å²) in [5, 5.41) is 16.2. The minimum Gasteiger partial charge on any atom is -0.356 e. The number of nitrogens with one attached hydrogen (secondary N) is 1. The molecule has 0 aliphatic carbocycles. The molecule has 0 saturated carbocycles. The Balaban J connectivity index is 1.41. The van der Waals surface area contributed by atoms with Gasteiger partial charge in [0.2, 0.25) is 0 Å². The van der Waals surface area contributed by atoms with Crippen LogP contribution in [-0.2, 0) is 22.0 Å². The van der Waals surface area contributed by atoms with Crippen LogP contribution in [0.1, 0.15) is 65.0 Å². The molecule has 2 N–H and O–H groups in total. The highest BCUT2D eigenvalue weighted by atomic mass is 32.2. The fourth-order valence-electron chi connectivity index (χ4n) is 5.21. The van der Waals surface area contributed by atoms with Gasteiger partial charge in [-0.3, -0.25) is 9.35 Å².